The van der Waals surface area contributed by atoms with Crippen molar-refractivity contribution in [1.29, 1.82) is 0 Å². The van der Waals surface area contributed by atoms with E-state index in [4.69, 9.17) is 15.2 Å². The molecule has 0 heterocycles. The van der Waals surface area contributed by atoms with Gasteiger partial charge in [-0.05, 0) is 37.5 Å². The largest absolute Gasteiger partial charge is 0.497 e. The van der Waals surface area contributed by atoms with Gasteiger partial charge >= 0.3 is 0 Å². The third kappa shape index (κ3) is 4.00. The number of nitrogens with two attached hydrogens (primary N) is 1. The van der Waals surface area contributed by atoms with Gasteiger partial charge in [-0.1, -0.05) is 26.0 Å². The Kier molecular flexibility index (Phi) is 5.63. The van der Waals surface area contributed by atoms with Gasteiger partial charge in [-0.15, -0.1) is 0 Å². The van der Waals surface area contributed by atoms with E-state index < -0.39 is 0 Å². The summed E-state index contributed by atoms with van der Waals surface area (Å²) in [6.07, 6.45) is 0.0738. The summed E-state index contributed by atoms with van der Waals surface area (Å²) in [5.74, 6) is 1.30. The fourth-order valence-electron chi connectivity index (χ4n) is 1.71. The topological polar surface area (TPSA) is 44.5 Å². The van der Waals surface area contributed by atoms with Crippen LogP contribution in [0.1, 0.15) is 39.4 Å². The molecule has 0 aliphatic carbocycles. The van der Waals surface area contributed by atoms with Crippen LogP contribution in [0.4, 0.5) is 0 Å². The van der Waals surface area contributed by atoms with Crippen LogP contribution < -0.4 is 10.5 Å². The summed E-state index contributed by atoms with van der Waals surface area (Å²) in [7, 11) is 1.66. The lowest BCUT2D eigenvalue weighted by Gasteiger charge is -2.28. The Hall–Kier alpha value is -1.06. The van der Waals surface area contributed by atoms with Crippen LogP contribution in [-0.4, -0.2) is 19.3 Å². The minimum Gasteiger partial charge on any atom is -0.497 e. The monoisotopic (exact) mass is 251 g/mol. The Balaban J connectivity index is 2.90. The van der Waals surface area contributed by atoms with Crippen molar-refractivity contribution in [3.8, 4) is 5.75 Å². The molecule has 0 aliphatic heterocycles. The second-order valence-electron chi connectivity index (χ2n) is 5.14. The van der Waals surface area contributed by atoms with E-state index >= 15 is 0 Å². The molecule has 102 valence electrons. The highest BCUT2D eigenvalue weighted by Crippen LogP contribution is 2.26. The molecule has 1 aromatic carbocycles. The van der Waals surface area contributed by atoms with Crippen molar-refractivity contribution in [1.82, 2.24) is 0 Å². The van der Waals surface area contributed by atoms with Gasteiger partial charge in [-0.3, -0.25) is 0 Å². The predicted octanol–water partition coefficient (Wildman–Crippen LogP) is 3.14. The average Bonchev–Trinajstić information content (AvgIpc) is 2.35. The van der Waals surface area contributed by atoms with Crippen molar-refractivity contribution in [2.45, 2.75) is 45.9 Å². The van der Waals surface area contributed by atoms with Gasteiger partial charge in [-0.2, -0.15) is 0 Å². The van der Waals surface area contributed by atoms with Crippen LogP contribution >= 0.6 is 0 Å². The van der Waals surface area contributed by atoms with E-state index in [1.165, 1.54) is 0 Å². The van der Waals surface area contributed by atoms with E-state index in [-0.39, 0.29) is 18.2 Å². The summed E-state index contributed by atoms with van der Waals surface area (Å²) >= 11 is 0. The van der Waals surface area contributed by atoms with Crippen LogP contribution in [0.5, 0.6) is 5.75 Å². The van der Waals surface area contributed by atoms with Crippen molar-refractivity contribution in [3.05, 3.63) is 29.8 Å². The van der Waals surface area contributed by atoms with Crippen molar-refractivity contribution in [3.63, 3.8) is 0 Å². The van der Waals surface area contributed by atoms with E-state index in [9.17, 15) is 0 Å². The summed E-state index contributed by atoms with van der Waals surface area (Å²) in [6, 6.07) is 7.85. The molecule has 2 N–H and O–H groups in total. The van der Waals surface area contributed by atoms with Crippen LogP contribution in [0.25, 0.3) is 0 Å². The number of hydrogen-bond donors (Lipinski definition) is 1. The third-order valence-electron chi connectivity index (χ3n) is 3.20. The highest BCUT2D eigenvalue weighted by Gasteiger charge is 2.21. The Morgan fingerprint density at radius 2 is 1.78 bits per heavy atom. The molecule has 0 aliphatic rings. The minimum atomic E-state index is -0.0995. The Bertz CT molecular complexity index is 363. The van der Waals surface area contributed by atoms with E-state index in [0.717, 1.165) is 11.3 Å². The first-order chi connectivity index (χ1) is 8.45. The normalized spacial score (nSPS) is 16.4. The van der Waals surface area contributed by atoms with E-state index in [0.29, 0.717) is 5.92 Å². The summed E-state index contributed by atoms with van der Waals surface area (Å²) in [5, 5.41) is 0. The molecule has 0 radical (unpaired) electrons. The highest BCUT2D eigenvalue weighted by molar-refractivity contribution is 5.30. The maximum Gasteiger partial charge on any atom is 0.119 e. The molecule has 0 spiro atoms. The molecule has 0 saturated carbocycles. The van der Waals surface area contributed by atoms with Crippen LogP contribution in [-0.2, 0) is 4.74 Å². The lowest BCUT2D eigenvalue weighted by atomic mass is 10.0. The zero-order valence-corrected chi connectivity index (χ0v) is 12.0. The van der Waals surface area contributed by atoms with Gasteiger partial charge in [0.15, 0.2) is 0 Å². The molecule has 0 bridgehead atoms. The first-order valence-electron chi connectivity index (χ1n) is 6.50. The van der Waals surface area contributed by atoms with Crippen molar-refractivity contribution in [2.75, 3.05) is 7.11 Å². The first kappa shape index (κ1) is 15.0. The minimum absolute atomic E-state index is 0.0571. The molecule has 0 saturated heterocycles. The number of methoxy groups -OCH3 is 1. The van der Waals surface area contributed by atoms with E-state index in [1.54, 1.807) is 7.11 Å². The van der Waals surface area contributed by atoms with Crippen LogP contribution in [0.2, 0.25) is 0 Å². The Morgan fingerprint density at radius 1 is 1.11 bits per heavy atom. The molecule has 0 amide bonds. The summed E-state index contributed by atoms with van der Waals surface area (Å²) in [6.45, 7) is 8.35. The summed E-state index contributed by atoms with van der Waals surface area (Å²) in [4.78, 5) is 0. The fraction of sp³-hybridized carbons (Fsp3) is 0.600. The molecule has 1 rings (SSSR count). The second kappa shape index (κ2) is 6.76. The van der Waals surface area contributed by atoms with Crippen LogP contribution in [0.15, 0.2) is 24.3 Å². The molecule has 18 heavy (non-hydrogen) atoms. The van der Waals surface area contributed by atoms with Gasteiger partial charge < -0.3 is 15.2 Å². The highest BCUT2D eigenvalue weighted by atomic mass is 16.5. The SMILES string of the molecule is COc1cccc(C(OC(C)C(C)C)C(C)N)c1. The number of ether oxygens (including phenoxy) is 2. The van der Waals surface area contributed by atoms with Crippen LogP contribution in [0, 0.1) is 5.92 Å². The maximum atomic E-state index is 6.08. The van der Waals surface area contributed by atoms with Gasteiger partial charge in [-0.25, -0.2) is 0 Å². The quantitative estimate of drug-likeness (QED) is 0.844. The van der Waals surface area contributed by atoms with E-state index in [2.05, 4.69) is 20.8 Å². The number of rotatable bonds is 6. The lowest BCUT2D eigenvalue weighted by Crippen LogP contribution is -2.31. The predicted molar refractivity (Wildman–Crippen MR) is 74.8 cm³/mol. The lowest BCUT2D eigenvalue weighted by molar-refractivity contribution is -0.0364. The number of benzene rings is 1. The molecule has 1 aromatic rings. The van der Waals surface area contributed by atoms with Gasteiger partial charge in [0.2, 0.25) is 0 Å². The number of hydrogen-bond acceptors (Lipinski definition) is 3. The molecular formula is C15H25NO2. The standard InChI is InChI=1S/C15H25NO2/c1-10(2)12(4)18-15(11(3)16)13-7-6-8-14(9-13)17-5/h6-12,15H,16H2,1-5H3. The molecule has 3 atom stereocenters. The molecule has 3 nitrogen and oxygen atoms in total. The maximum absolute atomic E-state index is 6.08. The molecule has 0 fully saturated rings. The Labute approximate surface area is 110 Å². The Morgan fingerprint density at radius 3 is 2.28 bits per heavy atom. The van der Waals surface area contributed by atoms with Gasteiger partial charge in [0, 0.05) is 6.04 Å². The first-order valence-corrected chi connectivity index (χ1v) is 6.50. The zero-order valence-electron chi connectivity index (χ0n) is 12.0. The summed E-state index contributed by atoms with van der Waals surface area (Å²) < 4.78 is 11.3. The molecule has 0 aromatic heterocycles. The van der Waals surface area contributed by atoms with Gasteiger partial charge in [0.1, 0.15) is 5.75 Å². The summed E-state index contributed by atoms with van der Waals surface area (Å²) in [5.41, 5.74) is 7.11. The molecular weight excluding hydrogens is 226 g/mol. The molecule has 3 heteroatoms. The third-order valence-corrected chi connectivity index (χ3v) is 3.20. The van der Waals surface area contributed by atoms with E-state index in [1.807, 2.05) is 31.2 Å². The smallest absolute Gasteiger partial charge is 0.119 e. The van der Waals surface area contributed by atoms with Gasteiger partial charge in [0.05, 0.1) is 19.3 Å². The van der Waals surface area contributed by atoms with Crippen molar-refractivity contribution < 1.29 is 9.47 Å². The molecule has 3 unspecified atom stereocenters. The van der Waals surface area contributed by atoms with Crippen LogP contribution in [0.3, 0.4) is 0 Å². The van der Waals surface area contributed by atoms with Crippen molar-refractivity contribution in [2.24, 2.45) is 11.7 Å². The van der Waals surface area contributed by atoms with Gasteiger partial charge in [0.25, 0.3) is 0 Å². The second-order valence-corrected chi connectivity index (χ2v) is 5.14. The average molecular weight is 251 g/mol. The fourth-order valence-corrected chi connectivity index (χ4v) is 1.71. The zero-order chi connectivity index (χ0) is 13.7. The van der Waals surface area contributed by atoms with Crippen molar-refractivity contribution >= 4 is 0 Å².